The normalized spacial score (nSPS) is 14.3. The molecule has 142 valence electrons. The molecule has 1 aromatic carbocycles. The summed E-state index contributed by atoms with van der Waals surface area (Å²) in [4.78, 5) is 28.0. The highest BCUT2D eigenvalue weighted by atomic mass is 16.5. The number of carbonyl (C=O) groups is 2. The van der Waals surface area contributed by atoms with Crippen LogP contribution in [0.25, 0.3) is 0 Å². The summed E-state index contributed by atoms with van der Waals surface area (Å²) >= 11 is 0. The van der Waals surface area contributed by atoms with Crippen molar-refractivity contribution in [2.24, 2.45) is 0 Å². The van der Waals surface area contributed by atoms with Crippen molar-refractivity contribution in [2.75, 3.05) is 17.7 Å². The number of nitrogens with zero attached hydrogens (tertiary/aromatic N) is 1. The largest absolute Gasteiger partial charge is 0.465 e. The van der Waals surface area contributed by atoms with Crippen LogP contribution in [0.1, 0.15) is 42.5 Å². The second kappa shape index (κ2) is 9.02. The molecule has 3 rings (SSSR count). The number of amides is 2. The molecule has 7 nitrogen and oxygen atoms in total. The molecule has 0 radical (unpaired) electrons. The second-order valence-electron chi connectivity index (χ2n) is 6.56. The first kappa shape index (κ1) is 18.7. The van der Waals surface area contributed by atoms with Crippen molar-refractivity contribution in [1.29, 1.82) is 0 Å². The van der Waals surface area contributed by atoms with Crippen molar-refractivity contribution in [3.8, 4) is 0 Å². The first-order valence-corrected chi connectivity index (χ1v) is 9.13. The van der Waals surface area contributed by atoms with Gasteiger partial charge in [0.15, 0.2) is 0 Å². The van der Waals surface area contributed by atoms with Crippen LogP contribution in [0.5, 0.6) is 0 Å². The number of anilines is 3. The average Bonchev–Trinajstić information content (AvgIpc) is 2.70. The van der Waals surface area contributed by atoms with Crippen LogP contribution >= 0.6 is 0 Å². The number of nitrogens with one attached hydrogen (secondary N) is 3. The molecule has 0 saturated heterocycles. The molecule has 1 saturated carbocycles. The molecule has 0 bridgehead atoms. The number of hydrogen-bond donors (Lipinski definition) is 3. The summed E-state index contributed by atoms with van der Waals surface area (Å²) in [7, 11) is 1.35. The molecule has 0 atom stereocenters. The molecule has 0 unspecified atom stereocenters. The van der Waals surface area contributed by atoms with E-state index in [4.69, 9.17) is 4.74 Å². The van der Waals surface area contributed by atoms with Gasteiger partial charge in [0, 0.05) is 11.7 Å². The van der Waals surface area contributed by atoms with Crippen molar-refractivity contribution in [1.82, 2.24) is 10.3 Å². The maximum absolute atomic E-state index is 12.1. The SMILES string of the molecule is COC(=O)c1cccc(Nc2ccc(NC(=O)NC3CCCCC3)cn2)c1. The van der Waals surface area contributed by atoms with E-state index in [9.17, 15) is 9.59 Å². The van der Waals surface area contributed by atoms with Crippen molar-refractivity contribution < 1.29 is 14.3 Å². The molecule has 1 fully saturated rings. The first-order chi connectivity index (χ1) is 13.1. The minimum absolute atomic E-state index is 0.199. The maximum atomic E-state index is 12.1. The molecule has 1 aliphatic rings. The summed E-state index contributed by atoms with van der Waals surface area (Å²) in [6, 6.07) is 10.6. The number of benzene rings is 1. The molecule has 2 aromatic rings. The molecule has 1 aliphatic carbocycles. The molecular formula is C20H24N4O3. The van der Waals surface area contributed by atoms with Gasteiger partial charge in [0.25, 0.3) is 0 Å². The van der Waals surface area contributed by atoms with Crippen LogP contribution in [-0.4, -0.2) is 30.1 Å². The van der Waals surface area contributed by atoms with E-state index in [1.54, 1.807) is 36.5 Å². The molecule has 3 N–H and O–H groups in total. The fourth-order valence-corrected chi connectivity index (χ4v) is 3.13. The average molecular weight is 368 g/mol. The van der Waals surface area contributed by atoms with Gasteiger partial charge >= 0.3 is 12.0 Å². The fourth-order valence-electron chi connectivity index (χ4n) is 3.13. The Labute approximate surface area is 158 Å². The minimum atomic E-state index is -0.393. The number of urea groups is 1. The second-order valence-corrected chi connectivity index (χ2v) is 6.56. The molecule has 7 heteroatoms. The summed E-state index contributed by atoms with van der Waals surface area (Å²) in [5.74, 6) is 0.213. The quantitative estimate of drug-likeness (QED) is 0.692. The summed E-state index contributed by atoms with van der Waals surface area (Å²) in [6.07, 6.45) is 7.26. The van der Waals surface area contributed by atoms with Crippen LogP contribution in [0.3, 0.4) is 0 Å². The number of methoxy groups -OCH3 is 1. The molecule has 1 aromatic heterocycles. The predicted octanol–water partition coefficient (Wildman–Crippen LogP) is 4.07. The Kier molecular flexibility index (Phi) is 6.25. The number of ether oxygens (including phenoxy) is 1. The maximum Gasteiger partial charge on any atom is 0.337 e. The van der Waals surface area contributed by atoms with Crippen LogP contribution in [-0.2, 0) is 4.74 Å². The lowest BCUT2D eigenvalue weighted by atomic mass is 9.96. The van der Waals surface area contributed by atoms with Crippen molar-refractivity contribution >= 4 is 29.2 Å². The van der Waals surface area contributed by atoms with E-state index in [-0.39, 0.29) is 12.1 Å². The molecular weight excluding hydrogens is 344 g/mol. The van der Waals surface area contributed by atoms with Gasteiger partial charge in [0.1, 0.15) is 5.82 Å². The van der Waals surface area contributed by atoms with E-state index >= 15 is 0 Å². The zero-order valence-corrected chi connectivity index (χ0v) is 15.3. The fraction of sp³-hybridized carbons (Fsp3) is 0.350. The number of pyridine rings is 1. The molecule has 1 heterocycles. The van der Waals surface area contributed by atoms with Crippen LogP contribution in [0.15, 0.2) is 42.6 Å². The monoisotopic (exact) mass is 368 g/mol. The van der Waals surface area contributed by atoms with E-state index in [1.807, 2.05) is 6.07 Å². The lowest BCUT2D eigenvalue weighted by Crippen LogP contribution is -2.39. The van der Waals surface area contributed by atoms with Gasteiger partial charge in [-0.25, -0.2) is 14.6 Å². The lowest BCUT2D eigenvalue weighted by molar-refractivity contribution is 0.0600. The zero-order valence-electron chi connectivity index (χ0n) is 15.3. The van der Waals surface area contributed by atoms with E-state index in [2.05, 4.69) is 20.9 Å². The van der Waals surface area contributed by atoms with Crippen LogP contribution in [0.4, 0.5) is 22.0 Å². The highest BCUT2D eigenvalue weighted by Crippen LogP contribution is 2.19. The summed E-state index contributed by atoms with van der Waals surface area (Å²) in [6.45, 7) is 0. The van der Waals surface area contributed by atoms with Crippen molar-refractivity contribution in [3.05, 3.63) is 48.2 Å². The van der Waals surface area contributed by atoms with E-state index in [0.29, 0.717) is 17.1 Å². The number of rotatable bonds is 5. The van der Waals surface area contributed by atoms with Gasteiger partial charge in [-0.15, -0.1) is 0 Å². The Morgan fingerprint density at radius 1 is 1.07 bits per heavy atom. The van der Waals surface area contributed by atoms with Crippen molar-refractivity contribution in [3.63, 3.8) is 0 Å². The number of aromatic nitrogens is 1. The zero-order chi connectivity index (χ0) is 19.1. The summed E-state index contributed by atoms with van der Waals surface area (Å²) < 4.78 is 4.72. The molecule has 27 heavy (non-hydrogen) atoms. The standard InChI is InChI=1S/C20H24N4O3/c1-27-19(25)14-6-5-9-16(12-14)22-18-11-10-17(13-21-18)24-20(26)23-15-7-3-2-4-8-15/h5-6,9-13,15H,2-4,7-8H2,1H3,(H,21,22)(H2,23,24,26). The van der Waals surface area contributed by atoms with Gasteiger partial charge in [-0.2, -0.15) is 0 Å². The van der Waals surface area contributed by atoms with E-state index < -0.39 is 5.97 Å². The number of esters is 1. The Morgan fingerprint density at radius 2 is 1.89 bits per heavy atom. The number of hydrogen-bond acceptors (Lipinski definition) is 5. The van der Waals surface area contributed by atoms with Gasteiger partial charge < -0.3 is 20.7 Å². The minimum Gasteiger partial charge on any atom is -0.465 e. The van der Waals surface area contributed by atoms with Gasteiger partial charge in [-0.1, -0.05) is 25.3 Å². The molecule has 2 amide bonds. The predicted molar refractivity (Wildman–Crippen MR) is 104 cm³/mol. The Balaban J connectivity index is 1.55. The van der Waals surface area contributed by atoms with Crippen LogP contribution in [0.2, 0.25) is 0 Å². The summed E-state index contributed by atoms with van der Waals surface area (Å²) in [5, 5.41) is 8.94. The van der Waals surface area contributed by atoms with Gasteiger partial charge in [-0.05, 0) is 43.2 Å². The first-order valence-electron chi connectivity index (χ1n) is 9.13. The topological polar surface area (TPSA) is 92.4 Å². The number of carbonyl (C=O) groups excluding carboxylic acids is 2. The van der Waals surface area contributed by atoms with E-state index in [0.717, 1.165) is 18.5 Å². The van der Waals surface area contributed by atoms with Gasteiger partial charge in [0.05, 0.1) is 24.6 Å². The summed E-state index contributed by atoms with van der Waals surface area (Å²) in [5.41, 5.74) is 1.80. The van der Waals surface area contributed by atoms with Gasteiger partial charge in [-0.3, -0.25) is 0 Å². The Hall–Kier alpha value is -3.09. The molecule has 0 aliphatic heterocycles. The highest BCUT2D eigenvalue weighted by Gasteiger charge is 2.15. The van der Waals surface area contributed by atoms with Crippen LogP contribution < -0.4 is 16.0 Å². The smallest absolute Gasteiger partial charge is 0.337 e. The van der Waals surface area contributed by atoms with E-state index in [1.165, 1.54) is 26.4 Å². The van der Waals surface area contributed by atoms with Crippen LogP contribution in [0, 0.1) is 0 Å². The highest BCUT2D eigenvalue weighted by molar-refractivity contribution is 5.91. The third-order valence-corrected chi connectivity index (χ3v) is 4.52. The molecule has 0 spiro atoms. The third kappa shape index (κ3) is 5.44. The Morgan fingerprint density at radius 3 is 2.59 bits per heavy atom. The van der Waals surface area contributed by atoms with Crippen molar-refractivity contribution in [2.45, 2.75) is 38.1 Å². The Bertz CT molecular complexity index is 786. The lowest BCUT2D eigenvalue weighted by Gasteiger charge is -2.22. The third-order valence-electron chi connectivity index (χ3n) is 4.52. The van der Waals surface area contributed by atoms with Gasteiger partial charge in [0.2, 0.25) is 0 Å².